The van der Waals surface area contributed by atoms with Crippen molar-refractivity contribution in [2.45, 2.75) is 12.9 Å². The number of ether oxygens (including phenoxy) is 1. The van der Waals surface area contributed by atoms with Crippen LogP contribution >= 0.6 is 0 Å². The van der Waals surface area contributed by atoms with Crippen molar-refractivity contribution >= 4 is 22.4 Å². The molecule has 0 saturated carbocycles. The summed E-state index contributed by atoms with van der Waals surface area (Å²) in [6.07, 6.45) is -3.37. The lowest BCUT2D eigenvalue weighted by molar-refractivity contribution is -0.274. The van der Waals surface area contributed by atoms with Crippen molar-refractivity contribution in [3.63, 3.8) is 0 Å². The maximum absolute atomic E-state index is 12.3. The van der Waals surface area contributed by atoms with Crippen molar-refractivity contribution in [3.8, 4) is 5.75 Å². The van der Waals surface area contributed by atoms with Crippen molar-refractivity contribution < 1.29 is 22.7 Å². The highest BCUT2D eigenvalue weighted by atomic mass is 19.4. The lowest BCUT2D eigenvalue weighted by Gasteiger charge is -2.11. The van der Waals surface area contributed by atoms with Crippen molar-refractivity contribution in [1.82, 2.24) is 9.78 Å². The predicted molar refractivity (Wildman–Crippen MR) is 87.8 cm³/mol. The van der Waals surface area contributed by atoms with E-state index in [-0.39, 0.29) is 12.2 Å². The van der Waals surface area contributed by atoms with Gasteiger partial charge in [0.25, 0.3) is 5.56 Å². The van der Waals surface area contributed by atoms with E-state index in [1.165, 1.54) is 18.3 Å². The number of rotatable bonds is 4. The Morgan fingerprint density at radius 3 is 2.69 bits per heavy atom. The molecular weight excluding hydrogens is 351 g/mol. The minimum Gasteiger partial charge on any atom is -0.406 e. The molecule has 26 heavy (non-hydrogen) atoms. The predicted octanol–water partition coefficient (Wildman–Crippen LogP) is 2.93. The summed E-state index contributed by atoms with van der Waals surface area (Å²) in [4.78, 5) is 24.4. The first-order chi connectivity index (χ1) is 12.3. The van der Waals surface area contributed by atoms with E-state index in [9.17, 15) is 22.8 Å². The van der Waals surface area contributed by atoms with Gasteiger partial charge in [-0.3, -0.25) is 9.59 Å². The fourth-order valence-electron chi connectivity index (χ4n) is 2.35. The van der Waals surface area contributed by atoms with Gasteiger partial charge in [-0.05, 0) is 18.2 Å². The van der Waals surface area contributed by atoms with Crippen LogP contribution in [-0.4, -0.2) is 22.1 Å². The number of amides is 1. The van der Waals surface area contributed by atoms with Gasteiger partial charge >= 0.3 is 6.36 Å². The van der Waals surface area contributed by atoms with Gasteiger partial charge in [0.05, 0.1) is 11.6 Å². The lowest BCUT2D eigenvalue weighted by Crippen LogP contribution is -2.29. The molecule has 1 N–H and O–H groups in total. The van der Waals surface area contributed by atoms with Gasteiger partial charge in [-0.2, -0.15) is 5.10 Å². The largest absolute Gasteiger partial charge is 0.573 e. The fourth-order valence-corrected chi connectivity index (χ4v) is 2.35. The first kappa shape index (κ1) is 17.5. The zero-order valence-electron chi connectivity index (χ0n) is 13.2. The molecule has 0 aliphatic carbocycles. The van der Waals surface area contributed by atoms with Crippen LogP contribution in [0.15, 0.2) is 59.5 Å². The van der Waals surface area contributed by atoms with Crippen LogP contribution < -0.4 is 15.6 Å². The second-order valence-electron chi connectivity index (χ2n) is 5.32. The summed E-state index contributed by atoms with van der Waals surface area (Å²) in [5.74, 6) is -1.07. The maximum atomic E-state index is 12.3. The van der Waals surface area contributed by atoms with Gasteiger partial charge in [-0.15, -0.1) is 13.2 Å². The summed E-state index contributed by atoms with van der Waals surface area (Å²) >= 11 is 0. The molecule has 6 nitrogen and oxygen atoms in total. The number of carbonyl (C=O) groups is 1. The van der Waals surface area contributed by atoms with Gasteiger partial charge in [0.2, 0.25) is 5.91 Å². The zero-order chi connectivity index (χ0) is 18.7. The highest BCUT2D eigenvalue weighted by Crippen LogP contribution is 2.25. The van der Waals surface area contributed by atoms with Gasteiger partial charge in [0.15, 0.2) is 0 Å². The number of fused-ring (bicyclic) bond motifs is 1. The molecular formula is C17H12F3N3O3. The summed E-state index contributed by atoms with van der Waals surface area (Å²) < 4.78 is 41.5. The Hall–Kier alpha value is -3.36. The van der Waals surface area contributed by atoms with Crippen LogP contribution in [0.2, 0.25) is 0 Å². The molecule has 3 aromatic rings. The third-order valence-electron chi connectivity index (χ3n) is 3.41. The molecule has 0 bridgehead atoms. The Kier molecular flexibility index (Phi) is 4.61. The second-order valence-corrected chi connectivity index (χ2v) is 5.32. The number of hydrogen-bond acceptors (Lipinski definition) is 4. The molecule has 1 aromatic heterocycles. The minimum absolute atomic E-state index is 0.102. The number of aromatic nitrogens is 2. The third-order valence-corrected chi connectivity index (χ3v) is 3.41. The molecule has 9 heteroatoms. The molecule has 0 atom stereocenters. The van der Waals surface area contributed by atoms with Crippen LogP contribution in [0.1, 0.15) is 0 Å². The zero-order valence-corrected chi connectivity index (χ0v) is 13.2. The van der Waals surface area contributed by atoms with Crippen molar-refractivity contribution in [3.05, 3.63) is 65.1 Å². The first-order valence-electron chi connectivity index (χ1n) is 7.42. The normalized spacial score (nSPS) is 11.3. The van der Waals surface area contributed by atoms with E-state index in [0.717, 1.165) is 16.8 Å². The van der Waals surface area contributed by atoms with Gasteiger partial charge in [0, 0.05) is 17.1 Å². The Labute approximate surface area is 144 Å². The maximum Gasteiger partial charge on any atom is 0.573 e. The number of anilines is 1. The molecule has 134 valence electrons. The number of alkyl halides is 3. The number of nitrogens with zero attached hydrogens (tertiary/aromatic N) is 2. The average Bonchev–Trinajstić information content (AvgIpc) is 2.56. The van der Waals surface area contributed by atoms with E-state index in [0.29, 0.717) is 10.8 Å². The summed E-state index contributed by atoms with van der Waals surface area (Å²) in [6.45, 7) is -0.381. The van der Waals surface area contributed by atoms with E-state index in [1.54, 1.807) is 24.3 Å². The number of benzene rings is 2. The third kappa shape index (κ3) is 4.18. The molecule has 0 saturated heterocycles. The fraction of sp³-hybridized carbons (Fsp3) is 0.118. The van der Waals surface area contributed by atoms with Gasteiger partial charge in [-0.1, -0.05) is 24.3 Å². The topological polar surface area (TPSA) is 73.2 Å². The highest BCUT2D eigenvalue weighted by Gasteiger charge is 2.31. The van der Waals surface area contributed by atoms with E-state index in [2.05, 4.69) is 15.2 Å². The monoisotopic (exact) mass is 363 g/mol. The Bertz CT molecular complexity index is 1020. The Balaban J connectivity index is 1.75. The molecule has 1 heterocycles. The molecule has 0 fully saturated rings. The lowest BCUT2D eigenvalue weighted by atomic mass is 10.2. The summed E-state index contributed by atoms with van der Waals surface area (Å²) in [5, 5.41) is 7.39. The van der Waals surface area contributed by atoms with Crippen molar-refractivity contribution in [2.24, 2.45) is 0 Å². The number of nitrogens with one attached hydrogen (secondary N) is 1. The van der Waals surface area contributed by atoms with E-state index >= 15 is 0 Å². The average molecular weight is 363 g/mol. The smallest absolute Gasteiger partial charge is 0.406 e. The summed E-state index contributed by atoms with van der Waals surface area (Å²) in [7, 11) is 0. The van der Waals surface area contributed by atoms with Gasteiger partial charge in [0.1, 0.15) is 12.3 Å². The standard InChI is InChI=1S/C17H12F3N3O3/c18-17(19,20)26-13-6-3-5-12(8-13)22-15(24)10-23-16(25)14-7-2-1-4-11(14)9-21-23/h1-9H,10H2,(H,22,24). The highest BCUT2D eigenvalue weighted by molar-refractivity contribution is 5.91. The Morgan fingerprint density at radius 1 is 1.15 bits per heavy atom. The molecule has 0 aliphatic rings. The second kappa shape index (κ2) is 6.87. The molecule has 2 aromatic carbocycles. The molecule has 0 unspecified atom stereocenters. The van der Waals surface area contributed by atoms with E-state index in [1.807, 2.05) is 0 Å². The quantitative estimate of drug-likeness (QED) is 0.774. The van der Waals surface area contributed by atoms with E-state index < -0.39 is 23.6 Å². The molecule has 0 aliphatic heterocycles. The SMILES string of the molecule is O=C(Cn1ncc2ccccc2c1=O)Nc1cccc(OC(F)(F)F)c1. The molecule has 0 radical (unpaired) electrons. The van der Waals surface area contributed by atoms with Crippen LogP contribution in [0.4, 0.5) is 18.9 Å². The van der Waals surface area contributed by atoms with Gasteiger partial charge < -0.3 is 10.1 Å². The molecule has 0 spiro atoms. The minimum atomic E-state index is -4.83. The Morgan fingerprint density at radius 2 is 1.92 bits per heavy atom. The van der Waals surface area contributed by atoms with Crippen LogP contribution in [0.25, 0.3) is 10.8 Å². The van der Waals surface area contributed by atoms with Crippen LogP contribution in [0.5, 0.6) is 5.75 Å². The number of hydrogen-bond donors (Lipinski definition) is 1. The van der Waals surface area contributed by atoms with Crippen LogP contribution in [0, 0.1) is 0 Å². The van der Waals surface area contributed by atoms with Crippen LogP contribution in [0.3, 0.4) is 0 Å². The van der Waals surface area contributed by atoms with Crippen LogP contribution in [-0.2, 0) is 11.3 Å². The number of halogens is 3. The number of carbonyl (C=O) groups excluding carboxylic acids is 1. The van der Waals surface area contributed by atoms with Gasteiger partial charge in [-0.25, -0.2) is 4.68 Å². The molecule has 1 amide bonds. The van der Waals surface area contributed by atoms with E-state index in [4.69, 9.17) is 0 Å². The van der Waals surface area contributed by atoms with Crippen molar-refractivity contribution in [1.29, 1.82) is 0 Å². The summed E-state index contributed by atoms with van der Waals surface area (Å²) in [5.41, 5.74) is -0.335. The molecule has 3 rings (SSSR count). The van der Waals surface area contributed by atoms with Crippen molar-refractivity contribution in [2.75, 3.05) is 5.32 Å². The summed E-state index contributed by atoms with van der Waals surface area (Å²) in [6, 6.07) is 11.6. The first-order valence-corrected chi connectivity index (χ1v) is 7.42.